The van der Waals surface area contributed by atoms with Gasteiger partial charge in [-0.15, -0.1) is 0 Å². The standard InChI is InChI=1S/C19H20Cl2N4O2/c1-24-8-10-25(11-9-24)15-5-3-14(4-6-15)22-18(26)19(27)23-17-12-13(20)2-7-16(17)21/h2-7,12H,8-11H2,1H3,(H,22,26)(H,23,27). The number of nitrogens with one attached hydrogen (secondary N) is 2. The fourth-order valence-electron chi connectivity index (χ4n) is 2.78. The maximum absolute atomic E-state index is 12.1. The Hall–Kier alpha value is -2.28. The topological polar surface area (TPSA) is 64.7 Å². The van der Waals surface area contributed by atoms with Gasteiger partial charge in [-0.25, -0.2) is 0 Å². The zero-order chi connectivity index (χ0) is 19.4. The van der Waals surface area contributed by atoms with Gasteiger partial charge in [-0.1, -0.05) is 23.2 Å². The normalized spacial score (nSPS) is 14.7. The molecule has 0 aromatic heterocycles. The summed E-state index contributed by atoms with van der Waals surface area (Å²) in [4.78, 5) is 28.8. The van der Waals surface area contributed by atoms with Crippen molar-refractivity contribution in [2.45, 2.75) is 0 Å². The summed E-state index contributed by atoms with van der Waals surface area (Å²) in [5, 5.41) is 5.75. The molecule has 2 amide bonds. The highest BCUT2D eigenvalue weighted by Crippen LogP contribution is 2.25. The van der Waals surface area contributed by atoms with Gasteiger partial charge in [0, 0.05) is 42.6 Å². The molecule has 0 spiro atoms. The van der Waals surface area contributed by atoms with Crippen LogP contribution in [0.2, 0.25) is 10.0 Å². The van der Waals surface area contributed by atoms with Crippen LogP contribution in [0.4, 0.5) is 17.1 Å². The molecule has 0 atom stereocenters. The minimum atomic E-state index is -0.817. The summed E-state index contributed by atoms with van der Waals surface area (Å²) >= 11 is 11.9. The first-order chi connectivity index (χ1) is 12.9. The first-order valence-corrected chi connectivity index (χ1v) is 9.29. The van der Waals surface area contributed by atoms with E-state index in [0.29, 0.717) is 15.7 Å². The van der Waals surface area contributed by atoms with Crippen molar-refractivity contribution in [3.05, 3.63) is 52.5 Å². The van der Waals surface area contributed by atoms with Gasteiger partial charge < -0.3 is 20.4 Å². The predicted molar refractivity (Wildman–Crippen MR) is 110 cm³/mol. The van der Waals surface area contributed by atoms with Crippen LogP contribution in [0.1, 0.15) is 0 Å². The number of halogens is 2. The van der Waals surface area contributed by atoms with E-state index in [1.165, 1.54) is 6.07 Å². The summed E-state index contributed by atoms with van der Waals surface area (Å²) in [7, 11) is 2.11. The number of piperazine rings is 1. The van der Waals surface area contributed by atoms with E-state index in [1.54, 1.807) is 24.3 Å². The van der Waals surface area contributed by atoms with Crippen LogP contribution < -0.4 is 15.5 Å². The molecule has 0 bridgehead atoms. The maximum Gasteiger partial charge on any atom is 0.314 e. The molecular formula is C19H20Cl2N4O2. The number of amides is 2. The molecule has 6 nitrogen and oxygen atoms in total. The van der Waals surface area contributed by atoms with Crippen LogP contribution in [-0.2, 0) is 9.59 Å². The first-order valence-electron chi connectivity index (χ1n) is 8.53. The molecule has 1 fully saturated rings. The number of benzene rings is 2. The number of hydrogen-bond donors (Lipinski definition) is 2. The average molecular weight is 407 g/mol. The van der Waals surface area contributed by atoms with Gasteiger partial charge in [0.2, 0.25) is 0 Å². The van der Waals surface area contributed by atoms with Crippen LogP contribution in [0.15, 0.2) is 42.5 Å². The third-order valence-corrected chi connectivity index (χ3v) is 4.94. The van der Waals surface area contributed by atoms with Crippen molar-refractivity contribution in [3.63, 3.8) is 0 Å². The molecule has 0 unspecified atom stereocenters. The fraction of sp³-hybridized carbons (Fsp3) is 0.263. The lowest BCUT2D eigenvalue weighted by atomic mass is 10.2. The molecule has 0 aliphatic carbocycles. The zero-order valence-electron chi connectivity index (χ0n) is 14.8. The zero-order valence-corrected chi connectivity index (χ0v) is 16.3. The molecule has 2 N–H and O–H groups in total. The van der Waals surface area contributed by atoms with Crippen LogP contribution in [0.5, 0.6) is 0 Å². The minimum Gasteiger partial charge on any atom is -0.369 e. The van der Waals surface area contributed by atoms with E-state index in [-0.39, 0.29) is 5.69 Å². The number of nitrogens with zero attached hydrogens (tertiary/aromatic N) is 2. The smallest absolute Gasteiger partial charge is 0.314 e. The van der Waals surface area contributed by atoms with Crippen molar-refractivity contribution in [1.29, 1.82) is 0 Å². The van der Waals surface area contributed by atoms with Crippen LogP contribution >= 0.6 is 23.2 Å². The Morgan fingerprint density at radius 2 is 1.52 bits per heavy atom. The Bertz CT molecular complexity index is 834. The van der Waals surface area contributed by atoms with Gasteiger partial charge >= 0.3 is 11.8 Å². The summed E-state index contributed by atoms with van der Waals surface area (Å²) in [6.07, 6.45) is 0. The Balaban J connectivity index is 1.58. The molecule has 8 heteroatoms. The lowest BCUT2D eigenvalue weighted by Gasteiger charge is -2.34. The molecule has 27 heavy (non-hydrogen) atoms. The van der Waals surface area contributed by atoms with Crippen molar-refractivity contribution < 1.29 is 9.59 Å². The van der Waals surface area contributed by atoms with Crippen molar-refractivity contribution in [2.75, 3.05) is 48.8 Å². The second-order valence-electron chi connectivity index (χ2n) is 6.37. The van der Waals surface area contributed by atoms with Gasteiger partial charge in [-0.3, -0.25) is 9.59 Å². The highest BCUT2D eigenvalue weighted by molar-refractivity contribution is 6.45. The Kier molecular flexibility index (Phi) is 6.21. The van der Waals surface area contributed by atoms with Crippen molar-refractivity contribution in [3.8, 4) is 0 Å². The molecule has 2 aromatic carbocycles. The number of rotatable bonds is 3. The van der Waals surface area contributed by atoms with E-state index in [0.717, 1.165) is 31.9 Å². The second-order valence-corrected chi connectivity index (χ2v) is 7.21. The molecule has 142 valence electrons. The number of hydrogen-bond acceptors (Lipinski definition) is 4. The number of likely N-dealkylation sites (N-methyl/N-ethyl adjacent to an activating group) is 1. The minimum absolute atomic E-state index is 0.287. The van der Waals surface area contributed by atoms with Gasteiger partial charge in [-0.05, 0) is 49.5 Å². The van der Waals surface area contributed by atoms with Crippen molar-refractivity contribution in [1.82, 2.24) is 4.90 Å². The first kappa shape index (κ1) is 19.5. The largest absolute Gasteiger partial charge is 0.369 e. The highest BCUT2D eigenvalue weighted by atomic mass is 35.5. The summed E-state index contributed by atoms with van der Waals surface area (Å²) in [5.41, 5.74) is 1.93. The number of carbonyl (C=O) groups is 2. The SMILES string of the molecule is CN1CCN(c2ccc(NC(=O)C(=O)Nc3cc(Cl)ccc3Cl)cc2)CC1. The monoisotopic (exact) mass is 406 g/mol. The molecule has 1 saturated heterocycles. The highest BCUT2D eigenvalue weighted by Gasteiger charge is 2.17. The van der Waals surface area contributed by atoms with E-state index in [2.05, 4.69) is 27.5 Å². The average Bonchev–Trinajstić information content (AvgIpc) is 2.66. The lowest BCUT2D eigenvalue weighted by Crippen LogP contribution is -2.44. The molecule has 3 rings (SSSR count). The van der Waals surface area contributed by atoms with E-state index in [1.807, 2.05) is 12.1 Å². The van der Waals surface area contributed by atoms with E-state index >= 15 is 0 Å². The maximum atomic E-state index is 12.1. The summed E-state index contributed by atoms with van der Waals surface area (Å²) in [6.45, 7) is 3.96. The van der Waals surface area contributed by atoms with Gasteiger partial charge in [0.1, 0.15) is 0 Å². The van der Waals surface area contributed by atoms with E-state index in [9.17, 15) is 9.59 Å². The quantitative estimate of drug-likeness (QED) is 0.767. The summed E-state index contributed by atoms with van der Waals surface area (Å²) in [6, 6.07) is 12.1. The third-order valence-electron chi connectivity index (χ3n) is 4.38. The number of carbonyl (C=O) groups excluding carboxylic acids is 2. The molecular weight excluding hydrogens is 387 g/mol. The molecule has 0 radical (unpaired) electrons. The molecule has 2 aromatic rings. The van der Waals surface area contributed by atoms with Crippen LogP contribution in [0, 0.1) is 0 Å². The van der Waals surface area contributed by atoms with Crippen molar-refractivity contribution >= 4 is 52.1 Å². The summed E-state index contributed by atoms with van der Waals surface area (Å²) < 4.78 is 0. The van der Waals surface area contributed by atoms with Gasteiger partial charge in [0.15, 0.2) is 0 Å². The van der Waals surface area contributed by atoms with Crippen LogP contribution in [0.3, 0.4) is 0 Å². The van der Waals surface area contributed by atoms with Crippen molar-refractivity contribution in [2.24, 2.45) is 0 Å². The molecule has 1 aliphatic rings. The summed E-state index contributed by atoms with van der Waals surface area (Å²) in [5.74, 6) is -1.60. The van der Waals surface area contributed by atoms with Crippen LogP contribution in [-0.4, -0.2) is 49.9 Å². The Morgan fingerprint density at radius 1 is 0.889 bits per heavy atom. The predicted octanol–water partition coefficient (Wildman–Crippen LogP) is 3.32. The van der Waals surface area contributed by atoms with Gasteiger partial charge in [0.25, 0.3) is 0 Å². The van der Waals surface area contributed by atoms with Crippen LogP contribution in [0.25, 0.3) is 0 Å². The van der Waals surface area contributed by atoms with Gasteiger partial charge in [-0.2, -0.15) is 0 Å². The molecule has 0 saturated carbocycles. The lowest BCUT2D eigenvalue weighted by molar-refractivity contribution is -0.132. The third kappa shape index (κ3) is 5.13. The van der Waals surface area contributed by atoms with E-state index in [4.69, 9.17) is 23.2 Å². The van der Waals surface area contributed by atoms with Gasteiger partial charge in [0.05, 0.1) is 10.7 Å². The molecule has 1 heterocycles. The van der Waals surface area contributed by atoms with E-state index < -0.39 is 11.8 Å². The number of anilines is 3. The molecule has 1 aliphatic heterocycles. The Morgan fingerprint density at radius 3 is 2.19 bits per heavy atom. The second kappa shape index (κ2) is 8.61. The Labute approximate surface area is 168 Å². The fourth-order valence-corrected chi connectivity index (χ4v) is 3.12.